The number of esters is 1. The van der Waals surface area contributed by atoms with E-state index in [9.17, 15) is 14.7 Å². The summed E-state index contributed by atoms with van der Waals surface area (Å²) in [6.07, 6.45) is -0.784. The molecule has 1 amide bonds. The number of hydrogen-bond donors (Lipinski definition) is 2. The molecule has 0 aromatic heterocycles. The van der Waals surface area contributed by atoms with Crippen LogP contribution >= 0.6 is 0 Å². The summed E-state index contributed by atoms with van der Waals surface area (Å²) in [5.74, 6) is -0.0170. The van der Waals surface area contributed by atoms with Crippen molar-refractivity contribution in [2.45, 2.75) is 39.0 Å². The maximum atomic E-state index is 11.7. The average molecular weight is 295 g/mol. The van der Waals surface area contributed by atoms with Crippen LogP contribution in [-0.2, 0) is 14.3 Å². The Labute approximate surface area is 124 Å². The zero-order valence-electron chi connectivity index (χ0n) is 12.4. The van der Waals surface area contributed by atoms with Gasteiger partial charge in [0.2, 0.25) is 6.41 Å². The smallest absolute Gasteiger partial charge is 0.331 e. The van der Waals surface area contributed by atoms with Crippen LogP contribution in [0.2, 0.25) is 0 Å². The minimum absolute atomic E-state index is 0.0461. The lowest BCUT2D eigenvalue weighted by Crippen LogP contribution is -2.42. The zero-order chi connectivity index (χ0) is 15.8. The van der Waals surface area contributed by atoms with Gasteiger partial charge in [-0.15, -0.1) is 0 Å². The fourth-order valence-corrected chi connectivity index (χ4v) is 1.80. The lowest BCUT2D eigenvalue weighted by molar-refractivity contribution is -0.149. The standard InChI is InChI=1S/C15H21NO5/c1-4-20-15(19)13(16-9-17)14(18)11-5-7-12(8-6-11)21-10(2)3/h5-10,13-14,18H,4H2,1-3H3,(H,16,17). The van der Waals surface area contributed by atoms with E-state index < -0.39 is 18.1 Å². The maximum Gasteiger partial charge on any atom is 0.331 e. The number of benzene rings is 1. The van der Waals surface area contributed by atoms with E-state index in [1.165, 1.54) is 0 Å². The van der Waals surface area contributed by atoms with Gasteiger partial charge in [0, 0.05) is 0 Å². The second-order valence-electron chi connectivity index (χ2n) is 4.69. The second-order valence-corrected chi connectivity index (χ2v) is 4.69. The van der Waals surface area contributed by atoms with E-state index in [0.717, 1.165) is 0 Å². The van der Waals surface area contributed by atoms with E-state index in [0.29, 0.717) is 17.7 Å². The normalized spacial score (nSPS) is 13.4. The molecule has 0 saturated heterocycles. The first-order valence-corrected chi connectivity index (χ1v) is 6.80. The highest BCUT2D eigenvalue weighted by Crippen LogP contribution is 2.21. The van der Waals surface area contributed by atoms with E-state index in [2.05, 4.69) is 5.32 Å². The number of ether oxygens (including phenoxy) is 2. The Balaban J connectivity index is 2.85. The molecule has 2 atom stereocenters. The fraction of sp³-hybridized carbons (Fsp3) is 0.467. The van der Waals surface area contributed by atoms with Crippen molar-refractivity contribution in [1.29, 1.82) is 0 Å². The Morgan fingerprint density at radius 2 is 1.95 bits per heavy atom. The highest BCUT2D eigenvalue weighted by atomic mass is 16.5. The molecule has 0 spiro atoms. The lowest BCUT2D eigenvalue weighted by Gasteiger charge is -2.21. The Bertz CT molecular complexity index is 458. The number of carbonyl (C=O) groups is 2. The van der Waals surface area contributed by atoms with Crippen LogP contribution in [0.4, 0.5) is 0 Å². The average Bonchev–Trinajstić information content (AvgIpc) is 2.44. The number of nitrogens with one attached hydrogen (secondary N) is 1. The summed E-state index contributed by atoms with van der Waals surface area (Å²) in [4.78, 5) is 22.3. The lowest BCUT2D eigenvalue weighted by atomic mass is 10.0. The van der Waals surface area contributed by atoms with Crippen molar-refractivity contribution in [2.24, 2.45) is 0 Å². The molecule has 0 fully saturated rings. The predicted molar refractivity (Wildman–Crippen MR) is 76.8 cm³/mol. The molecule has 1 aromatic rings. The molecule has 1 rings (SSSR count). The Morgan fingerprint density at radius 1 is 1.33 bits per heavy atom. The van der Waals surface area contributed by atoms with Crippen LogP contribution in [0.15, 0.2) is 24.3 Å². The summed E-state index contributed by atoms with van der Waals surface area (Å²) in [6, 6.07) is 5.53. The number of aliphatic hydroxyl groups is 1. The Morgan fingerprint density at radius 3 is 2.43 bits per heavy atom. The van der Waals surface area contributed by atoms with E-state index in [4.69, 9.17) is 9.47 Å². The van der Waals surface area contributed by atoms with Crippen LogP contribution in [0.3, 0.4) is 0 Å². The summed E-state index contributed by atoms with van der Waals surface area (Å²) in [5, 5.41) is 12.5. The van der Waals surface area contributed by atoms with Crippen LogP contribution in [0.5, 0.6) is 5.75 Å². The number of hydrogen-bond acceptors (Lipinski definition) is 5. The molecule has 0 radical (unpaired) electrons. The van der Waals surface area contributed by atoms with Crippen LogP contribution in [0, 0.1) is 0 Å². The first-order chi connectivity index (χ1) is 9.99. The van der Waals surface area contributed by atoms with Gasteiger partial charge in [0.15, 0.2) is 6.04 Å². The molecule has 2 unspecified atom stereocenters. The number of amides is 1. The van der Waals surface area contributed by atoms with Gasteiger partial charge in [0.1, 0.15) is 11.9 Å². The molecular formula is C15H21NO5. The number of rotatable bonds is 8. The monoisotopic (exact) mass is 295 g/mol. The van der Waals surface area contributed by atoms with Gasteiger partial charge in [-0.3, -0.25) is 4.79 Å². The third-order valence-corrected chi connectivity index (χ3v) is 2.70. The van der Waals surface area contributed by atoms with Gasteiger partial charge < -0.3 is 19.9 Å². The SMILES string of the molecule is CCOC(=O)C(NC=O)C(O)c1ccc(OC(C)C)cc1. The fourth-order valence-electron chi connectivity index (χ4n) is 1.80. The second kappa shape index (κ2) is 8.26. The third-order valence-electron chi connectivity index (χ3n) is 2.70. The minimum atomic E-state index is -1.19. The highest BCUT2D eigenvalue weighted by molar-refractivity contribution is 5.79. The highest BCUT2D eigenvalue weighted by Gasteiger charge is 2.28. The van der Waals surface area contributed by atoms with Crippen LogP contribution < -0.4 is 10.1 Å². The molecule has 116 valence electrons. The van der Waals surface area contributed by atoms with E-state index in [-0.39, 0.29) is 12.7 Å². The topological polar surface area (TPSA) is 84.9 Å². The molecule has 0 aliphatic carbocycles. The molecule has 6 nitrogen and oxygen atoms in total. The molecule has 1 aromatic carbocycles. The first kappa shape index (κ1) is 17.0. The van der Waals surface area contributed by atoms with Crippen molar-refractivity contribution in [3.63, 3.8) is 0 Å². The molecule has 2 N–H and O–H groups in total. The van der Waals surface area contributed by atoms with Gasteiger partial charge in [-0.25, -0.2) is 4.79 Å². The van der Waals surface area contributed by atoms with Crippen molar-refractivity contribution in [1.82, 2.24) is 5.32 Å². The van der Waals surface area contributed by atoms with Gasteiger partial charge >= 0.3 is 5.97 Å². The number of carbonyl (C=O) groups excluding carboxylic acids is 2. The van der Waals surface area contributed by atoms with Crippen molar-refractivity contribution in [3.05, 3.63) is 29.8 Å². The quantitative estimate of drug-likeness (QED) is 0.556. The largest absolute Gasteiger partial charge is 0.491 e. The molecule has 0 aliphatic rings. The van der Waals surface area contributed by atoms with Gasteiger partial charge in [-0.2, -0.15) is 0 Å². The van der Waals surface area contributed by atoms with E-state index in [1.807, 2.05) is 13.8 Å². The van der Waals surface area contributed by atoms with Gasteiger partial charge in [0.05, 0.1) is 12.7 Å². The summed E-state index contributed by atoms with van der Waals surface area (Å²) < 4.78 is 10.3. The summed E-state index contributed by atoms with van der Waals surface area (Å²) in [5.41, 5.74) is 0.485. The minimum Gasteiger partial charge on any atom is -0.491 e. The molecule has 0 saturated carbocycles. The Kier molecular flexibility index (Phi) is 6.68. The van der Waals surface area contributed by atoms with Gasteiger partial charge in [-0.1, -0.05) is 12.1 Å². The van der Waals surface area contributed by atoms with Crippen molar-refractivity contribution >= 4 is 12.4 Å². The molecule has 21 heavy (non-hydrogen) atoms. The molecular weight excluding hydrogens is 274 g/mol. The summed E-state index contributed by atoms with van der Waals surface area (Å²) in [6.45, 7) is 5.64. The first-order valence-electron chi connectivity index (χ1n) is 6.80. The van der Waals surface area contributed by atoms with E-state index >= 15 is 0 Å². The van der Waals surface area contributed by atoms with Crippen molar-refractivity contribution < 1.29 is 24.2 Å². The summed E-state index contributed by atoms with van der Waals surface area (Å²) in [7, 11) is 0. The third kappa shape index (κ3) is 5.07. The van der Waals surface area contributed by atoms with Crippen LogP contribution in [0.25, 0.3) is 0 Å². The maximum absolute atomic E-state index is 11.7. The van der Waals surface area contributed by atoms with Crippen molar-refractivity contribution in [3.8, 4) is 5.75 Å². The van der Waals surface area contributed by atoms with Crippen LogP contribution in [-0.4, -0.2) is 36.2 Å². The predicted octanol–water partition coefficient (Wildman–Crippen LogP) is 1.18. The molecule has 0 heterocycles. The molecule has 0 bridgehead atoms. The zero-order valence-corrected chi connectivity index (χ0v) is 12.4. The Hall–Kier alpha value is -2.08. The van der Waals surface area contributed by atoms with Gasteiger partial charge in [0.25, 0.3) is 0 Å². The molecule has 6 heteroatoms. The van der Waals surface area contributed by atoms with Crippen molar-refractivity contribution in [2.75, 3.05) is 6.61 Å². The van der Waals surface area contributed by atoms with Crippen LogP contribution in [0.1, 0.15) is 32.4 Å². The number of aliphatic hydroxyl groups excluding tert-OH is 1. The molecule has 0 aliphatic heterocycles. The van der Waals surface area contributed by atoms with Gasteiger partial charge in [-0.05, 0) is 38.5 Å². The van der Waals surface area contributed by atoms with E-state index in [1.54, 1.807) is 31.2 Å². The summed E-state index contributed by atoms with van der Waals surface area (Å²) >= 11 is 0.